The zero-order chi connectivity index (χ0) is 35.4. The number of aromatic nitrogens is 2. The maximum atomic E-state index is 10.8. The molecule has 0 bridgehead atoms. The standard InChI is InChI=1S/C46H40BN2O2/c1-45(2,50)46(3,4)51-47-38-28-36(41-21-13-11-19-39(41)34-23-25-43(48-30-34)32-15-7-5-8-16-32)27-37(29-38)42-22-14-12-20-40(42)35-24-26-44(49-31-35)33-17-9-6-10-18-33/h5-31,50H,1-4H3. The molecule has 2 aromatic heterocycles. The third-order valence-electron chi connectivity index (χ3n) is 9.68. The van der Waals surface area contributed by atoms with Crippen LogP contribution in [0.15, 0.2) is 164 Å². The number of nitrogens with zero attached hydrogens (tertiary/aromatic N) is 2. The molecule has 0 saturated heterocycles. The first-order valence-electron chi connectivity index (χ1n) is 17.3. The number of aliphatic hydroxyl groups is 1. The van der Waals surface area contributed by atoms with Crippen LogP contribution in [0.1, 0.15) is 27.7 Å². The summed E-state index contributed by atoms with van der Waals surface area (Å²) < 4.78 is 6.31. The molecule has 4 nitrogen and oxygen atoms in total. The van der Waals surface area contributed by atoms with Crippen molar-refractivity contribution >= 4 is 12.9 Å². The molecule has 7 rings (SSSR count). The van der Waals surface area contributed by atoms with Gasteiger partial charge < -0.3 is 9.76 Å². The summed E-state index contributed by atoms with van der Waals surface area (Å²) in [6, 6.07) is 52.3. The summed E-state index contributed by atoms with van der Waals surface area (Å²) in [6.45, 7) is 7.33. The Morgan fingerprint density at radius 1 is 0.451 bits per heavy atom. The van der Waals surface area contributed by atoms with Gasteiger partial charge in [0.1, 0.15) is 0 Å². The summed E-state index contributed by atoms with van der Waals surface area (Å²) >= 11 is 0. The van der Waals surface area contributed by atoms with Gasteiger partial charge in [0.05, 0.1) is 22.6 Å². The van der Waals surface area contributed by atoms with Crippen LogP contribution in [0.4, 0.5) is 0 Å². The molecule has 2 heterocycles. The van der Waals surface area contributed by atoms with Crippen LogP contribution in [0.2, 0.25) is 0 Å². The number of pyridine rings is 2. The van der Waals surface area contributed by atoms with Crippen LogP contribution >= 0.6 is 0 Å². The van der Waals surface area contributed by atoms with Crippen LogP contribution in [0.25, 0.3) is 67.0 Å². The molecule has 0 atom stereocenters. The molecule has 5 aromatic carbocycles. The molecule has 0 unspecified atom stereocenters. The monoisotopic (exact) mass is 663 g/mol. The quantitative estimate of drug-likeness (QED) is 0.148. The van der Waals surface area contributed by atoms with E-state index in [1.54, 1.807) is 21.3 Å². The fourth-order valence-corrected chi connectivity index (χ4v) is 6.03. The van der Waals surface area contributed by atoms with Gasteiger partial charge in [-0.3, -0.25) is 9.97 Å². The van der Waals surface area contributed by atoms with Crippen molar-refractivity contribution < 1.29 is 9.76 Å². The molecule has 0 aliphatic carbocycles. The van der Waals surface area contributed by atoms with Gasteiger partial charge >= 0.3 is 7.48 Å². The van der Waals surface area contributed by atoms with Crippen molar-refractivity contribution in [2.24, 2.45) is 0 Å². The van der Waals surface area contributed by atoms with Crippen molar-refractivity contribution in [3.05, 3.63) is 164 Å². The maximum Gasteiger partial charge on any atom is 0.330 e. The number of hydrogen-bond acceptors (Lipinski definition) is 4. The number of benzene rings is 5. The molecule has 5 heteroatoms. The lowest BCUT2D eigenvalue weighted by molar-refractivity contribution is -0.0893. The molecular formula is C46H40BN2O2. The van der Waals surface area contributed by atoms with Gasteiger partial charge in [-0.25, -0.2) is 0 Å². The van der Waals surface area contributed by atoms with E-state index in [1.807, 2.05) is 62.6 Å². The first kappa shape index (κ1) is 33.9. The summed E-state index contributed by atoms with van der Waals surface area (Å²) in [5.41, 5.74) is 11.5. The largest absolute Gasteiger partial charge is 0.427 e. The molecule has 51 heavy (non-hydrogen) atoms. The zero-order valence-electron chi connectivity index (χ0n) is 29.4. The lowest BCUT2D eigenvalue weighted by atomic mass is 9.79. The van der Waals surface area contributed by atoms with E-state index in [9.17, 15) is 5.11 Å². The van der Waals surface area contributed by atoms with E-state index < -0.39 is 11.2 Å². The van der Waals surface area contributed by atoms with Crippen molar-refractivity contribution in [1.29, 1.82) is 0 Å². The predicted molar refractivity (Wildman–Crippen MR) is 211 cm³/mol. The highest BCUT2D eigenvalue weighted by atomic mass is 16.5. The minimum Gasteiger partial charge on any atom is -0.427 e. The molecular weight excluding hydrogens is 623 g/mol. The van der Waals surface area contributed by atoms with Crippen LogP contribution in [0.3, 0.4) is 0 Å². The Morgan fingerprint density at radius 2 is 0.843 bits per heavy atom. The molecule has 0 saturated carbocycles. The van der Waals surface area contributed by atoms with Gasteiger partial charge in [-0.05, 0) is 79.3 Å². The molecule has 0 aliphatic heterocycles. The number of hydrogen-bond donors (Lipinski definition) is 1. The Kier molecular flexibility index (Phi) is 9.51. The second kappa shape index (κ2) is 14.3. The minimum absolute atomic E-state index is 0.822. The van der Waals surface area contributed by atoms with Crippen molar-refractivity contribution in [3.63, 3.8) is 0 Å². The van der Waals surface area contributed by atoms with Gasteiger partial charge in [-0.1, -0.05) is 139 Å². The Hall–Kier alpha value is -5.62. The lowest BCUT2D eigenvalue weighted by Gasteiger charge is -2.37. The summed E-state index contributed by atoms with van der Waals surface area (Å²) in [5, 5.41) is 10.8. The fourth-order valence-electron chi connectivity index (χ4n) is 6.03. The maximum absolute atomic E-state index is 10.8. The van der Waals surface area contributed by atoms with Gasteiger partial charge in [0.25, 0.3) is 0 Å². The Bertz CT molecular complexity index is 2100. The Balaban J connectivity index is 1.31. The minimum atomic E-state index is -1.05. The van der Waals surface area contributed by atoms with Gasteiger partial charge in [0, 0.05) is 34.6 Å². The van der Waals surface area contributed by atoms with E-state index in [0.717, 1.165) is 72.5 Å². The molecule has 0 amide bonds. The van der Waals surface area contributed by atoms with Crippen LogP contribution in [-0.4, -0.2) is 33.8 Å². The van der Waals surface area contributed by atoms with E-state index in [1.165, 1.54) is 0 Å². The van der Waals surface area contributed by atoms with E-state index in [-0.39, 0.29) is 0 Å². The zero-order valence-corrected chi connectivity index (χ0v) is 29.4. The first-order valence-corrected chi connectivity index (χ1v) is 17.3. The molecule has 0 fully saturated rings. The Morgan fingerprint density at radius 3 is 1.22 bits per heavy atom. The van der Waals surface area contributed by atoms with Gasteiger partial charge in [-0.2, -0.15) is 0 Å². The van der Waals surface area contributed by atoms with E-state index in [2.05, 4.69) is 115 Å². The second-order valence-corrected chi connectivity index (χ2v) is 13.8. The van der Waals surface area contributed by atoms with Crippen LogP contribution in [0, 0.1) is 0 Å². The third-order valence-corrected chi connectivity index (χ3v) is 9.68. The number of rotatable bonds is 10. The fraction of sp³-hybridized carbons (Fsp3) is 0.130. The second-order valence-electron chi connectivity index (χ2n) is 13.8. The van der Waals surface area contributed by atoms with E-state index in [4.69, 9.17) is 14.6 Å². The lowest BCUT2D eigenvalue weighted by Crippen LogP contribution is -2.49. The SMILES string of the molecule is CC(C)(O)C(C)(C)O[B]c1cc(-c2ccccc2-c2ccc(-c3ccccc3)nc2)cc(-c2ccccc2-c2ccc(-c3ccccc3)nc2)c1. The topological polar surface area (TPSA) is 55.2 Å². The van der Waals surface area contributed by atoms with Crippen molar-refractivity contribution in [3.8, 4) is 67.0 Å². The highest BCUT2D eigenvalue weighted by Crippen LogP contribution is 2.37. The molecule has 1 radical (unpaired) electrons. The summed E-state index contributed by atoms with van der Waals surface area (Å²) in [7, 11) is 1.77. The van der Waals surface area contributed by atoms with Crippen molar-refractivity contribution in [1.82, 2.24) is 9.97 Å². The van der Waals surface area contributed by atoms with Gasteiger partial charge in [0.15, 0.2) is 0 Å². The van der Waals surface area contributed by atoms with Crippen LogP contribution in [0.5, 0.6) is 0 Å². The highest BCUT2D eigenvalue weighted by Gasteiger charge is 2.35. The molecule has 7 aromatic rings. The van der Waals surface area contributed by atoms with Crippen LogP contribution < -0.4 is 5.46 Å². The van der Waals surface area contributed by atoms with Crippen molar-refractivity contribution in [2.45, 2.75) is 38.9 Å². The molecule has 0 aliphatic rings. The summed E-state index contributed by atoms with van der Waals surface area (Å²) in [5.74, 6) is 0. The van der Waals surface area contributed by atoms with Crippen LogP contribution in [-0.2, 0) is 4.65 Å². The average molecular weight is 664 g/mol. The van der Waals surface area contributed by atoms with E-state index >= 15 is 0 Å². The van der Waals surface area contributed by atoms with Gasteiger partial charge in [-0.15, -0.1) is 0 Å². The predicted octanol–water partition coefficient (Wildman–Crippen LogP) is 10.3. The average Bonchev–Trinajstić information content (AvgIpc) is 3.17. The molecule has 249 valence electrons. The molecule has 0 spiro atoms. The third kappa shape index (κ3) is 7.46. The Labute approximate surface area is 301 Å². The smallest absolute Gasteiger partial charge is 0.330 e. The normalized spacial score (nSPS) is 11.7. The first-order chi connectivity index (χ1) is 24.7. The van der Waals surface area contributed by atoms with E-state index in [0.29, 0.717) is 0 Å². The van der Waals surface area contributed by atoms with Gasteiger partial charge in [0.2, 0.25) is 0 Å². The molecule has 1 N–H and O–H groups in total. The van der Waals surface area contributed by atoms with Crippen molar-refractivity contribution in [2.75, 3.05) is 0 Å². The summed E-state index contributed by atoms with van der Waals surface area (Å²) in [6.07, 6.45) is 3.91. The summed E-state index contributed by atoms with van der Waals surface area (Å²) in [4.78, 5) is 9.67. The highest BCUT2D eigenvalue weighted by molar-refractivity contribution is 6.47.